The second-order valence-electron chi connectivity index (χ2n) is 10.2. The van der Waals surface area contributed by atoms with E-state index < -0.39 is 24.2 Å². The Kier molecular flexibility index (Phi) is 3.54. The van der Waals surface area contributed by atoms with E-state index in [1.807, 2.05) is 72.8 Å². The molecular weight excluding hydrogens is 512 g/mol. The van der Waals surface area contributed by atoms with Gasteiger partial charge in [0.15, 0.2) is 0 Å². The summed E-state index contributed by atoms with van der Waals surface area (Å²) in [5, 5.41) is 2.84. The summed E-state index contributed by atoms with van der Waals surface area (Å²) in [5.41, 5.74) is 3.97. The van der Waals surface area contributed by atoms with Gasteiger partial charge in [-0.25, -0.2) is 0 Å². The van der Waals surface area contributed by atoms with Crippen LogP contribution in [0.1, 0.15) is 11.0 Å². The Labute approximate surface area is 253 Å². The van der Waals surface area contributed by atoms with E-state index >= 15 is 0 Å². The lowest BCUT2D eigenvalue weighted by molar-refractivity contribution is 0.633. The van der Waals surface area contributed by atoms with Crippen LogP contribution in [-0.4, -0.2) is 0 Å². The van der Waals surface area contributed by atoms with Crippen LogP contribution in [-0.2, 0) is 0 Å². The third kappa shape index (κ3) is 3.27. The van der Waals surface area contributed by atoms with E-state index in [4.69, 9.17) is 14.3 Å². The summed E-state index contributed by atoms with van der Waals surface area (Å²) in [4.78, 5) is 0. The molecule has 9 aromatic rings. The van der Waals surface area contributed by atoms with E-state index in [9.17, 15) is 5.48 Å². The Morgan fingerprint density at radius 2 is 0.952 bits per heavy atom. The molecule has 0 atom stereocenters. The standard InChI is InChI=1S/C40H24O2/c1-3-13-25(14-4-1)35-28-18-7-9-20-30(28)37(31-21-10-8-19-29(31)35)40-36(26-15-5-2-6-16-26)38-34(42-40)24-23-32-27-17-11-12-22-33(27)41-39(32)38/h1-24H/i7D,8D,9D,10D,18D,19D,20D,21D. The van der Waals surface area contributed by atoms with Gasteiger partial charge in [-0.1, -0.05) is 127 Å². The average molecular weight is 545 g/mol. The van der Waals surface area contributed by atoms with Gasteiger partial charge >= 0.3 is 0 Å². The highest BCUT2D eigenvalue weighted by atomic mass is 16.3. The van der Waals surface area contributed by atoms with Crippen LogP contribution in [0.5, 0.6) is 0 Å². The first kappa shape index (κ1) is 16.6. The lowest BCUT2D eigenvalue weighted by atomic mass is 9.86. The van der Waals surface area contributed by atoms with Crippen LogP contribution in [0.25, 0.3) is 88.0 Å². The molecule has 0 N–H and O–H groups in total. The molecule has 196 valence electrons. The van der Waals surface area contributed by atoms with Gasteiger partial charge in [-0.2, -0.15) is 0 Å². The molecule has 2 aromatic heterocycles. The Morgan fingerprint density at radius 1 is 0.405 bits per heavy atom. The molecule has 2 nitrogen and oxygen atoms in total. The van der Waals surface area contributed by atoms with E-state index in [2.05, 4.69) is 0 Å². The SMILES string of the molecule is [2H]c1c([2H])c([2H])c2c(-c3oc4ccc5c6ccccc6oc5c4c3-c3ccccc3)c3c([2H])c([2H])c([2H])c([2H])c3c(-c3ccccc3)c2c1[2H]. The number of fused-ring (bicyclic) bond motifs is 7. The highest BCUT2D eigenvalue weighted by molar-refractivity contribution is 6.25. The Hall–Kier alpha value is -5.60. The topological polar surface area (TPSA) is 26.3 Å². The Bertz CT molecular complexity index is 2810. The molecule has 42 heavy (non-hydrogen) atoms. The van der Waals surface area contributed by atoms with Crippen LogP contribution < -0.4 is 0 Å². The molecule has 2 heteroatoms. The minimum absolute atomic E-state index is 0.0875. The summed E-state index contributed by atoms with van der Waals surface area (Å²) < 4.78 is 85.4. The van der Waals surface area contributed by atoms with Crippen molar-refractivity contribution < 1.29 is 19.8 Å². The summed E-state index contributed by atoms with van der Waals surface area (Å²) in [7, 11) is 0. The zero-order valence-corrected chi connectivity index (χ0v) is 22.1. The van der Waals surface area contributed by atoms with E-state index in [1.54, 1.807) is 24.3 Å². The van der Waals surface area contributed by atoms with Gasteiger partial charge in [-0.15, -0.1) is 0 Å². The summed E-state index contributed by atoms with van der Waals surface area (Å²) in [6.45, 7) is 0. The molecule has 0 radical (unpaired) electrons. The molecule has 2 heterocycles. The molecule has 0 amide bonds. The zero-order chi connectivity index (χ0) is 34.6. The molecule has 0 fully saturated rings. The number of furan rings is 2. The van der Waals surface area contributed by atoms with Crippen molar-refractivity contribution in [2.24, 2.45) is 0 Å². The first-order valence-corrected chi connectivity index (χ1v) is 13.6. The lowest BCUT2D eigenvalue weighted by Crippen LogP contribution is -1.91. The maximum absolute atomic E-state index is 9.34. The largest absolute Gasteiger partial charge is 0.455 e. The van der Waals surface area contributed by atoms with Gasteiger partial charge in [0.25, 0.3) is 0 Å². The van der Waals surface area contributed by atoms with Crippen molar-refractivity contribution in [3.05, 3.63) is 145 Å². The van der Waals surface area contributed by atoms with Crippen molar-refractivity contribution in [1.29, 1.82) is 0 Å². The van der Waals surface area contributed by atoms with E-state index in [1.165, 1.54) is 0 Å². The van der Waals surface area contributed by atoms with E-state index in [-0.39, 0.29) is 62.6 Å². The van der Waals surface area contributed by atoms with Crippen LogP contribution in [0.4, 0.5) is 0 Å². The van der Waals surface area contributed by atoms with Gasteiger partial charge in [0.2, 0.25) is 0 Å². The number of hydrogen-bond donors (Lipinski definition) is 0. The second-order valence-corrected chi connectivity index (χ2v) is 10.2. The van der Waals surface area contributed by atoms with E-state index in [0.717, 1.165) is 16.3 Å². The van der Waals surface area contributed by atoms with Crippen LogP contribution >= 0.6 is 0 Å². The van der Waals surface area contributed by atoms with Gasteiger partial charge < -0.3 is 8.83 Å². The quantitative estimate of drug-likeness (QED) is 0.207. The summed E-state index contributed by atoms with van der Waals surface area (Å²) in [5.74, 6) is 0.198. The first-order valence-electron chi connectivity index (χ1n) is 17.6. The molecule has 0 aliphatic carbocycles. The zero-order valence-electron chi connectivity index (χ0n) is 30.1. The molecule has 0 aliphatic rings. The summed E-state index contributed by atoms with van der Waals surface area (Å²) in [6, 6.07) is 26.6. The predicted octanol–water partition coefficient (Wildman–Crippen LogP) is 11.6. The average Bonchev–Trinajstić information content (AvgIpc) is 3.73. The normalized spacial score (nSPS) is 14.5. The van der Waals surface area contributed by atoms with Gasteiger partial charge in [0, 0.05) is 21.9 Å². The minimum atomic E-state index is -0.472. The van der Waals surface area contributed by atoms with Crippen molar-refractivity contribution >= 4 is 54.5 Å². The van der Waals surface area contributed by atoms with Gasteiger partial charge in [-0.05, 0) is 56.4 Å². The maximum Gasteiger partial charge on any atom is 0.147 e. The van der Waals surface area contributed by atoms with Crippen molar-refractivity contribution in [2.45, 2.75) is 0 Å². The van der Waals surface area contributed by atoms with Crippen LogP contribution in [0.3, 0.4) is 0 Å². The fourth-order valence-electron chi connectivity index (χ4n) is 6.17. The molecule has 0 aliphatic heterocycles. The second kappa shape index (κ2) is 8.95. The number of hydrogen-bond acceptors (Lipinski definition) is 2. The number of benzene rings is 7. The number of rotatable bonds is 3. The minimum Gasteiger partial charge on any atom is -0.455 e. The lowest BCUT2D eigenvalue weighted by Gasteiger charge is -2.17. The third-order valence-electron chi connectivity index (χ3n) is 7.92. The highest BCUT2D eigenvalue weighted by Gasteiger charge is 2.26. The number of para-hydroxylation sites is 1. The smallest absolute Gasteiger partial charge is 0.147 e. The maximum atomic E-state index is 9.34. The highest BCUT2D eigenvalue weighted by Crippen LogP contribution is 2.50. The summed E-state index contributed by atoms with van der Waals surface area (Å²) >= 11 is 0. The molecule has 0 saturated carbocycles. The van der Waals surface area contributed by atoms with Crippen LogP contribution in [0.15, 0.2) is 154 Å². The first-order chi connectivity index (χ1) is 24.2. The van der Waals surface area contributed by atoms with Crippen molar-refractivity contribution in [1.82, 2.24) is 0 Å². The van der Waals surface area contributed by atoms with Crippen molar-refractivity contribution in [3.8, 4) is 33.6 Å². The Morgan fingerprint density at radius 3 is 1.60 bits per heavy atom. The fraction of sp³-hybridized carbons (Fsp3) is 0. The predicted molar refractivity (Wildman–Crippen MR) is 175 cm³/mol. The van der Waals surface area contributed by atoms with Gasteiger partial charge in [0.1, 0.15) is 22.5 Å². The molecule has 0 unspecified atom stereocenters. The van der Waals surface area contributed by atoms with Crippen LogP contribution in [0, 0.1) is 0 Å². The fourth-order valence-corrected chi connectivity index (χ4v) is 6.17. The molecular formula is C40H24O2. The Balaban J connectivity index is 1.61. The molecule has 0 bridgehead atoms. The monoisotopic (exact) mass is 544 g/mol. The van der Waals surface area contributed by atoms with Crippen LogP contribution in [0.2, 0.25) is 0 Å². The van der Waals surface area contributed by atoms with Crippen molar-refractivity contribution in [2.75, 3.05) is 0 Å². The van der Waals surface area contributed by atoms with Gasteiger partial charge in [-0.3, -0.25) is 0 Å². The molecule has 7 aromatic carbocycles. The summed E-state index contributed by atoms with van der Waals surface area (Å²) in [6.07, 6.45) is 0. The molecule has 0 saturated heterocycles. The van der Waals surface area contributed by atoms with Crippen molar-refractivity contribution in [3.63, 3.8) is 0 Å². The van der Waals surface area contributed by atoms with Gasteiger partial charge in [0.05, 0.1) is 16.4 Å². The molecule has 0 spiro atoms. The third-order valence-corrected chi connectivity index (χ3v) is 7.92. The molecule has 9 rings (SSSR count). The van der Waals surface area contributed by atoms with E-state index in [0.29, 0.717) is 33.3 Å².